The summed E-state index contributed by atoms with van der Waals surface area (Å²) in [6.45, 7) is 1.38. The van der Waals surface area contributed by atoms with Gasteiger partial charge in [-0.25, -0.2) is 4.98 Å². The van der Waals surface area contributed by atoms with Crippen molar-refractivity contribution < 1.29 is 9.72 Å². The van der Waals surface area contributed by atoms with Gasteiger partial charge in [0.05, 0.1) is 4.92 Å². The molecule has 3 aromatic rings. The van der Waals surface area contributed by atoms with Crippen LogP contribution in [0.4, 0.5) is 5.69 Å². The Labute approximate surface area is 147 Å². The van der Waals surface area contributed by atoms with Crippen molar-refractivity contribution >= 4 is 23.2 Å². The molecule has 0 aliphatic heterocycles. The minimum absolute atomic E-state index is 0.116. The van der Waals surface area contributed by atoms with E-state index >= 15 is 0 Å². The fourth-order valence-electron chi connectivity index (χ4n) is 2.29. The number of ketones is 1. The minimum Gasteiger partial charge on any atom is -0.294 e. The maximum atomic E-state index is 11.8. The number of Topliss-reactive ketones (excluding diaryl/α,β-unsaturated/α-hetero) is 1. The second kappa shape index (κ2) is 7.27. The molecule has 0 bridgehead atoms. The van der Waals surface area contributed by atoms with Gasteiger partial charge in [-0.15, -0.1) is 5.10 Å². The van der Waals surface area contributed by atoms with Crippen LogP contribution in [0.5, 0.6) is 0 Å². The lowest BCUT2D eigenvalue weighted by Crippen LogP contribution is -1.98. The first-order chi connectivity index (χ1) is 12.0. The first-order valence-corrected chi connectivity index (χ1v) is 8.27. The highest BCUT2D eigenvalue weighted by Crippen LogP contribution is 2.31. The van der Waals surface area contributed by atoms with Crippen LogP contribution in [0.25, 0.3) is 0 Å². The molecule has 3 rings (SSSR count). The van der Waals surface area contributed by atoms with Gasteiger partial charge in [0.25, 0.3) is 5.69 Å². The number of benzene rings is 2. The van der Waals surface area contributed by atoms with Crippen LogP contribution in [0, 0.1) is 10.1 Å². The number of carbonyl (C=O) groups excluding carboxylic acids is 1. The summed E-state index contributed by atoms with van der Waals surface area (Å²) >= 11 is 1.20. The van der Waals surface area contributed by atoms with Crippen LogP contribution in [-0.2, 0) is 6.42 Å². The van der Waals surface area contributed by atoms with E-state index in [1.807, 2.05) is 30.3 Å². The van der Waals surface area contributed by atoms with Crippen molar-refractivity contribution in [3.05, 3.63) is 75.6 Å². The molecule has 0 saturated carbocycles. The molecule has 0 saturated heterocycles. The standard InChI is InChI=1S/C17H14N4O3S/c1-11(22)14-10-13(21(23)24)7-8-15(14)25-17-18-16(19-20-17)9-12-5-3-2-4-6-12/h2-8,10H,9H2,1H3,(H,18,19,20). The Bertz CT molecular complexity index is 925. The number of nitro benzene ring substituents is 1. The summed E-state index contributed by atoms with van der Waals surface area (Å²) in [4.78, 5) is 27.1. The number of non-ortho nitro benzene ring substituents is 1. The Morgan fingerprint density at radius 2 is 2.00 bits per heavy atom. The Morgan fingerprint density at radius 3 is 2.68 bits per heavy atom. The van der Waals surface area contributed by atoms with E-state index in [1.165, 1.54) is 30.8 Å². The van der Waals surface area contributed by atoms with Gasteiger partial charge in [-0.1, -0.05) is 30.3 Å². The predicted octanol–water partition coefficient (Wildman–Crippen LogP) is 3.66. The fourth-order valence-corrected chi connectivity index (χ4v) is 3.18. The predicted molar refractivity (Wildman–Crippen MR) is 92.9 cm³/mol. The quantitative estimate of drug-likeness (QED) is 0.412. The lowest BCUT2D eigenvalue weighted by atomic mass is 10.1. The van der Waals surface area contributed by atoms with Gasteiger partial charge in [-0.3, -0.25) is 20.0 Å². The van der Waals surface area contributed by atoms with Gasteiger partial charge in [-0.05, 0) is 30.3 Å². The van der Waals surface area contributed by atoms with Gasteiger partial charge in [0.15, 0.2) is 5.78 Å². The molecule has 0 spiro atoms. The average molecular weight is 354 g/mol. The van der Waals surface area contributed by atoms with Crippen molar-refractivity contribution in [1.82, 2.24) is 15.2 Å². The zero-order valence-corrected chi connectivity index (χ0v) is 14.1. The van der Waals surface area contributed by atoms with E-state index in [4.69, 9.17) is 0 Å². The zero-order chi connectivity index (χ0) is 17.8. The van der Waals surface area contributed by atoms with Crippen molar-refractivity contribution in [3.8, 4) is 0 Å². The summed E-state index contributed by atoms with van der Waals surface area (Å²) < 4.78 is 0. The van der Waals surface area contributed by atoms with Crippen LogP contribution in [0.2, 0.25) is 0 Å². The molecule has 7 nitrogen and oxygen atoms in total. The summed E-state index contributed by atoms with van der Waals surface area (Å²) in [5.74, 6) is 0.464. The van der Waals surface area contributed by atoms with E-state index in [0.29, 0.717) is 22.3 Å². The van der Waals surface area contributed by atoms with E-state index in [-0.39, 0.29) is 17.0 Å². The molecule has 0 aliphatic rings. The lowest BCUT2D eigenvalue weighted by Gasteiger charge is -2.04. The molecule has 0 radical (unpaired) electrons. The third-order valence-corrected chi connectivity index (χ3v) is 4.42. The zero-order valence-electron chi connectivity index (χ0n) is 13.3. The molecule has 1 aromatic heterocycles. The molecule has 126 valence electrons. The van der Waals surface area contributed by atoms with Crippen LogP contribution >= 0.6 is 11.8 Å². The summed E-state index contributed by atoms with van der Waals surface area (Å²) in [6, 6.07) is 14.1. The van der Waals surface area contributed by atoms with Gasteiger partial charge in [-0.2, -0.15) is 0 Å². The normalized spacial score (nSPS) is 10.6. The van der Waals surface area contributed by atoms with E-state index in [9.17, 15) is 14.9 Å². The molecule has 8 heteroatoms. The molecule has 0 fully saturated rings. The maximum absolute atomic E-state index is 11.8. The van der Waals surface area contributed by atoms with Crippen LogP contribution < -0.4 is 0 Å². The van der Waals surface area contributed by atoms with Crippen LogP contribution in [0.3, 0.4) is 0 Å². The molecule has 0 atom stereocenters. The van der Waals surface area contributed by atoms with Gasteiger partial charge in [0.1, 0.15) is 5.82 Å². The number of nitrogens with zero attached hydrogens (tertiary/aromatic N) is 3. The smallest absolute Gasteiger partial charge is 0.270 e. The number of H-pyrrole nitrogens is 1. The van der Waals surface area contributed by atoms with Crippen molar-refractivity contribution in [1.29, 1.82) is 0 Å². The maximum Gasteiger partial charge on any atom is 0.270 e. The topological polar surface area (TPSA) is 102 Å². The molecule has 0 aliphatic carbocycles. The first kappa shape index (κ1) is 16.8. The van der Waals surface area contributed by atoms with Gasteiger partial charge in [0, 0.05) is 29.0 Å². The Balaban J connectivity index is 1.81. The van der Waals surface area contributed by atoms with E-state index in [0.717, 1.165) is 5.56 Å². The van der Waals surface area contributed by atoms with Gasteiger partial charge in [0.2, 0.25) is 5.16 Å². The van der Waals surface area contributed by atoms with Crippen molar-refractivity contribution in [2.24, 2.45) is 0 Å². The lowest BCUT2D eigenvalue weighted by molar-refractivity contribution is -0.384. The largest absolute Gasteiger partial charge is 0.294 e. The average Bonchev–Trinajstić information content (AvgIpc) is 3.02. The van der Waals surface area contributed by atoms with Crippen molar-refractivity contribution in [2.75, 3.05) is 0 Å². The number of nitro groups is 1. The van der Waals surface area contributed by atoms with Crippen LogP contribution in [-0.4, -0.2) is 25.9 Å². The summed E-state index contributed by atoms with van der Waals surface area (Å²) in [5, 5.41) is 18.4. The second-order valence-electron chi connectivity index (χ2n) is 5.32. The molecule has 2 aromatic carbocycles. The number of carbonyl (C=O) groups is 1. The summed E-state index contributed by atoms with van der Waals surface area (Å²) in [7, 11) is 0. The number of hydrogen-bond acceptors (Lipinski definition) is 6. The molecular weight excluding hydrogens is 340 g/mol. The highest BCUT2D eigenvalue weighted by atomic mass is 32.2. The van der Waals surface area contributed by atoms with E-state index < -0.39 is 4.92 Å². The van der Waals surface area contributed by atoms with Crippen LogP contribution in [0.15, 0.2) is 58.6 Å². The molecule has 25 heavy (non-hydrogen) atoms. The second-order valence-corrected chi connectivity index (χ2v) is 6.33. The molecule has 1 heterocycles. The number of aromatic amines is 1. The fraction of sp³-hybridized carbons (Fsp3) is 0.118. The Morgan fingerprint density at radius 1 is 1.24 bits per heavy atom. The molecular formula is C17H14N4O3S. The first-order valence-electron chi connectivity index (χ1n) is 7.45. The summed E-state index contributed by atoms with van der Waals surface area (Å²) in [6.07, 6.45) is 0.619. The number of aromatic nitrogens is 3. The minimum atomic E-state index is -0.522. The Kier molecular flexibility index (Phi) is 4.90. The monoisotopic (exact) mass is 354 g/mol. The SMILES string of the molecule is CC(=O)c1cc([N+](=O)[O-])ccc1Sc1n[nH]c(Cc2ccccc2)n1. The van der Waals surface area contributed by atoms with Gasteiger partial charge < -0.3 is 0 Å². The van der Waals surface area contributed by atoms with Crippen molar-refractivity contribution in [2.45, 2.75) is 23.4 Å². The molecule has 0 unspecified atom stereocenters. The van der Waals surface area contributed by atoms with Crippen molar-refractivity contribution in [3.63, 3.8) is 0 Å². The Hall–Kier alpha value is -3.00. The van der Waals surface area contributed by atoms with Gasteiger partial charge >= 0.3 is 0 Å². The summed E-state index contributed by atoms with van der Waals surface area (Å²) in [5.41, 5.74) is 1.28. The third-order valence-electron chi connectivity index (χ3n) is 3.48. The number of nitrogens with one attached hydrogen (secondary N) is 1. The number of hydrogen-bond donors (Lipinski definition) is 1. The van der Waals surface area contributed by atoms with E-state index in [1.54, 1.807) is 6.07 Å². The molecule has 1 N–H and O–H groups in total. The third kappa shape index (κ3) is 4.10. The molecule has 0 amide bonds. The highest BCUT2D eigenvalue weighted by Gasteiger charge is 2.16. The number of rotatable bonds is 6. The van der Waals surface area contributed by atoms with E-state index in [2.05, 4.69) is 15.2 Å². The van der Waals surface area contributed by atoms with Crippen LogP contribution in [0.1, 0.15) is 28.7 Å². The highest BCUT2D eigenvalue weighted by molar-refractivity contribution is 7.99.